The Balaban J connectivity index is 1.53. The number of anilines is 1. The molecule has 0 aromatic heterocycles. The summed E-state index contributed by atoms with van der Waals surface area (Å²) in [5.74, 6) is 0.825. The van der Waals surface area contributed by atoms with E-state index in [9.17, 15) is 9.18 Å². The zero-order valence-corrected chi connectivity index (χ0v) is 18.4. The normalized spacial score (nSPS) is 15.4. The monoisotopic (exact) mass is 413 g/mol. The molecule has 2 aromatic rings. The van der Waals surface area contributed by atoms with Crippen molar-refractivity contribution in [1.82, 2.24) is 9.80 Å². The lowest BCUT2D eigenvalue weighted by molar-refractivity contribution is -0.117. The molecule has 1 N–H and O–H groups in total. The van der Waals surface area contributed by atoms with Crippen LogP contribution in [0.3, 0.4) is 0 Å². The number of nitrogens with one attached hydrogen (secondary N) is 1. The first kappa shape index (κ1) is 22.2. The molecule has 0 spiro atoms. The number of para-hydroxylation sites is 1. The van der Waals surface area contributed by atoms with Crippen LogP contribution in [0.5, 0.6) is 5.75 Å². The first-order chi connectivity index (χ1) is 14.4. The molecule has 1 aliphatic rings. The number of carbonyl (C=O) groups is 1. The number of piperazine rings is 1. The van der Waals surface area contributed by atoms with E-state index in [1.165, 1.54) is 12.1 Å². The number of nitrogens with zero attached hydrogens (tertiary/aromatic N) is 2. The molecule has 0 atom stereocenters. The van der Waals surface area contributed by atoms with E-state index in [0.29, 0.717) is 24.8 Å². The molecule has 1 amide bonds. The third-order valence-corrected chi connectivity index (χ3v) is 5.66. The van der Waals surface area contributed by atoms with Crippen LogP contribution < -0.4 is 10.1 Å². The van der Waals surface area contributed by atoms with E-state index in [2.05, 4.69) is 35.0 Å². The van der Waals surface area contributed by atoms with Gasteiger partial charge in [-0.15, -0.1) is 0 Å². The summed E-state index contributed by atoms with van der Waals surface area (Å²) in [6, 6.07) is 10.8. The number of aryl methyl sites for hydroxylation is 1. The van der Waals surface area contributed by atoms with Crippen molar-refractivity contribution in [2.24, 2.45) is 0 Å². The van der Waals surface area contributed by atoms with Gasteiger partial charge in [0, 0.05) is 44.0 Å². The quantitative estimate of drug-likeness (QED) is 0.745. The predicted octanol–water partition coefficient (Wildman–Crippen LogP) is 4.02. The van der Waals surface area contributed by atoms with E-state index in [1.807, 2.05) is 19.1 Å². The van der Waals surface area contributed by atoms with Crippen molar-refractivity contribution >= 4 is 11.6 Å². The molecule has 0 bridgehead atoms. The van der Waals surface area contributed by atoms with E-state index >= 15 is 0 Å². The zero-order valence-electron chi connectivity index (χ0n) is 18.4. The smallest absolute Gasteiger partial charge is 0.238 e. The van der Waals surface area contributed by atoms with E-state index < -0.39 is 0 Å². The Morgan fingerprint density at radius 3 is 2.50 bits per heavy atom. The van der Waals surface area contributed by atoms with E-state index in [-0.39, 0.29) is 11.7 Å². The molecule has 0 unspecified atom stereocenters. The van der Waals surface area contributed by atoms with Gasteiger partial charge >= 0.3 is 0 Å². The Kier molecular flexibility index (Phi) is 7.45. The number of methoxy groups -OCH3 is 1. The molecule has 0 saturated carbocycles. The molecular formula is C24H32FN3O2. The number of hydrogen-bond donors (Lipinski definition) is 1. The number of amides is 1. The molecule has 1 fully saturated rings. The molecule has 1 heterocycles. The molecule has 30 heavy (non-hydrogen) atoms. The second-order valence-electron chi connectivity index (χ2n) is 8.25. The molecule has 0 radical (unpaired) electrons. The molecular weight excluding hydrogens is 381 g/mol. The number of ether oxygens (including phenoxy) is 1. The van der Waals surface area contributed by atoms with Gasteiger partial charge in [0.05, 0.1) is 13.7 Å². The third-order valence-electron chi connectivity index (χ3n) is 5.66. The summed E-state index contributed by atoms with van der Waals surface area (Å²) >= 11 is 0. The number of halogens is 1. The summed E-state index contributed by atoms with van der Waals surface area (Å²) in [6.07, 6.45) is 0. The van der Waals surface area contributed by atoms with Gasteiger partial charge < -0.3 is 10.1 Å². The van der Waals surface area contributed by atoms with Gasteiger partial charge in [-0.05, 0) is 42.2 Å². The average molecular weight is 414 g/mol. The molecule has 1 saturated heterocycles. The highest BCUT2D eigenvalue weighted by Crippen LogP contribution is 2.27. The van der Waals surface area contributed by atoms with Crippen LogP contribution in [-0.2, 0) is 11.3 Å². The molecule has 6 heteroatoms. The number of hydrogen-bond acceptors (Lipinski definition) is 4. The van der Waals surface area contributed by atoms with Gasteiger partial charge in [0.2, 0.25) is 5.91 Å². The maximum absolute atomic E-state index is 13.6. The van der Waals surface area contributed by atoms with Crippen LogP contribution in [0.4, 0.5) is 10.1 Å². The number of rotatable bonds is 7. The van der Waals surface area contributed by atoms with Crippen LogP contribution in [0.2, 0.25) is 0 Å². The molecule has 1 aliphatic heterocycles. The maximum Gasteiger partial charge on any atom is 0.238 e. The van der Waals surface area contributed by atoms with Gasteiger partial charge in [-0.25, -0.2) is 4.39 Å². The lowest BCUT2D eigenvalue weighted by Crippen LogP contribution is -2.48. The summed E-state index contributed by atoms with van der Waals surface area (Å²) in [4.78, 5) is 17.1. The molecule has 0 aliphatic carbocycles. The Labute approximate surface area is 178 Å². The Hall–Kier alpha value is -2.44. The van der Waals surface area contributed by atoms with Gasteiger partial charge in [-0.1, -0.05) is 32.0 Å². The van der Waals surface area contributed by atoms with Crippen molar-refractivity contribution in [2.75, 3.05) is 45.2 Å². The summed E-state index contributed by atoms with van der Waals surface area (Å²) in [5, 5.41) is 3.13. The van der Waals surface area contributed by atoms with Crippen molar-refractivity contribution in [1.29, 1.82) is 0 Å². The summed E-state index contributed by atoms with van der Waals surface area (Å²) < 4.78 is 19.0. The van der Waals surface area contributed by atoms with Gasteiger partial charge in [0.1, 0.15) is 11.6 Å². The minimum Gasteiger partial charge on any atom is -0.496 e. The fraction of sp³-hybridized carbons (Fsp3) is 0.458. The Morgan fingerprint density at radius 1 is 1.13 bits per heavy atom. The van der Waals surface area contributed by atoms with Crippen molar-refractivity contribution in [3.63, 3.8) is 0 Å². The largest absolute Gasteiger partial charge is 0.496 e. The standard InChI is InChI=1S/C24H32FN3O2/c1-17(2)21-7-5-6-18(3)24(21)26-23(29)16-28-12-10-27(11-13-28)15-19-14-20(25)8-9-22(19)30-4/h5-9,14,17H,10-13,15-16H2,1-4H3,(H,26,29). The van der Waals surface area contributed by atoms with Crippen LogP contribution in [0.15, 0.2) is 36.4 Å². The lowest BCUT2D eigenvalue weighted by Gasteiger charge is -2.34. The van der Waals surface area contributed by atoms with Gasteiger partial charge in [0.25, 0.3) is 0 Å². The second-order valence-corrected chi connectivity index (χ2v) is 8.25. The molecule has 5 nitrogen and oxygen atoms in total. The maximum atomic E-state index is 13.6. The van der Waals surface area contributed by atoms with Crippen molar-refractivity contribution in [3.05, 3.63) is 58.9 Å². The molecule has 2 aromatic carbocycles. The van der Waals surface area contributed by atoms with Crippen LogP contribution in [0.1, 0.15) is 36.5 Å². The Bertz CT molecular complexity index is 877. The minimum absolute atomic E-state index is 0.0199. The second kappa shape index (κ2) is 10.0. The van der Waals surface area contributed by atoms with E-state index in [0.717, 1.165) is 48.6 Å². The van der Waals surface area contributed by atoms with E-state index in [1.54, 1.807) is 13.2 Å². The zero-order chi connectivity index (χ0) is 21.7. The van der Waals surface area contributed by atoms with Gasteiger partial charge in [-0.3, -0.25) is 14.6 Å². The van der Waals surface area contributed by atoms with Crippen LogP contribution in [0.25, 0.3) is 0 Å². The summed E-state index contributed by atoms with van der Waals surface area (Å²) in [6.45, 7) is 10.6. The first-order valence-corrected chi connectivity index (χ1v) is 10.5. The van der Waals surface area contributed by atoms with Crippen LogP contribution in [-0.4, -0.2) is 55.5 Å². The average Bonchev–Trinajstić information content (AvgIpc) is 2.71. The fourth-order valence-corrected chi connectivity index (χ4v) is 3.94. The highest BCUT2D eigenvalue weighted by atomic mass is 19.1. The number of benzene rings is 2. The Morgan fingerprint density at radius 2 is 1.83 bits per heavy atom. The highest BCUT2D eigenvalue weighted by molar-refractivity contribution is 5.94. The van der Waals surface area contributed by atoms with E-state index in [4.69, 9.17) is 4.74 Å². The summed E-state index contributed by atoms with van der Waals surface area (Å²) in [5.41, 5.74) is 4.04. The van der Waals surface area contributed by atoms with Crippen molar-refractivity contribution < 1.29 is 13.9 Å². The molecule has 3 rings (SSSR count). The SMILES string of the molecule is COc1ccc(F)cc1CN1CCN(CC(=O)Nc2c(C)cccc2C(C)C)CC1. The number of carbonyl (C=O) groups excluding carboxylic acids is 1. The summed E-state index contributed by atoms with van der Waals surface area (Å²) in [7, 11) is 1.60. The van der Waals surface area contributed by atoms with Crippen LogP contribution >= 0.6 is 0 Å². The third kappa shape index (κ3) is 5.58. The lowest BCUT2D eigenvalue weighted by atomic mass is 9.98. The highest BCUT2D eigenvalue weighted by Gasteiger charge is 2.21. The van der Waals surface area contributed by atoms with Gasteiger partial charge in [-0.2, -0.15) is 0 Å². The minimum atomic E-state index is -0.252. The molecule has 162 valence electrons. The topological polar surface area (TPSA) is 44.8 Å². The van der Waals surface area contributed by atoms with Crippen molar-refractivity contribution in [3.8, 4) is 5.75 Å². The van der Waals surface area contributed by atoms with Crippen molar-refractivity contribution in [2.45, 2.75) is 33.2 Å². The first-order valence-electron chi connectivity index (χ1n) is 10.5. The van der Waals surface area contributed by atoms with Crippen LogP contribution in [0, 0.1) is 12.7 Å². The fourth-order valence-electron chi connectivity index (χ4n) is 3.94. The van der Waals surface area contributed by atoms with Gasteiger partial charge in [0.15, 0.2) is 0 Å². The predicted molar refractivity (Wildman–Crippen MR) is 119 cm³/mol.